The van der Waals surface area contributed by atoms with Crippen LogP contribution in [-0.2, 0) is 11.3 Å². The number of anilines is 1. The molecule has 0 bridgehead atoms. The van der Waals surface area contributed by atoms with Gasteiger partial charge in [-0.1, -0.05) is 18.9 Å². The maximum atomic E-state index is 12.6. The van der Waals surface area contributed by atoms with Gasteiger partial charge in [0.05, 0.1) is 0 Å². The molecule has 2 heterocycles. The van der Waals surface area contributed by atoms with Gasteiger partial charge in [-0.15, -0.1) is 0 Å². The van der Waals surface area contributed by atoms with Crippen LogP contribution in [0.15, 0.2) is 47.4 Å². The highest BCUT2D eigenvalue weighted by molar-refractivity contribution is 5.95. The van der Waals surface area contributed by atoms with Gasteiger partial charge >= 0.3 is 0 Å². The molecule has 142 valence electrons. The van der Waals surface area contributed by atoms with Gasteiger partial charge in [0.25, 0.3) is 11.5 Å². The molecule has 0 atom stereocenters. The predicted octanol–water partition coefficient (Wildman–Crippen LogP) is 2.81. The van der Waals surface area contributed by atoms with Gasteiger partial charge in [0.1, 0.15) is 6.54 Å². The summed E-state index contributed by atoms with van der Waals surface area (Å²) in [6.07, 6.45) is 6.12. The maximum absolute atomic E-state index is 12.6. The molecule has 1 aromatic carbocycles. The lowest BCUT2D eigenvalue weighted by atomic mass is 10.1. The van der Waals surface area contributed by atoms with Crippen molar-refractivity contribution in [2.75, 3.05) is 18.4 Å². The first-order valence-electron chi connectivity index (χ1n) is 9.39. The van der Waals surface area contributed by atoms with Crippen LogP contribution in [-0.4, -0.2) is 34.4 Å². The Hall–Kier alpha value is -2.89. The van der Waals surface area contributed by atoms with Crippen molar-refractivity contribution in [3.8, 4) is 0 Å². The third-order valence-corrected chi connectivity index (χ3v) is 4.75. The molecule has 0 aliphatic carbocycles. The second kappa shape index (κ2) is 8.66. The topological polar surface area (TPSA) is 71.4 Å². The van der Waals surface area contributed by atoms with E-state index in [0.717, 1.165) is 31.5 Å². The standard InChI is InChI=1S/C21H25N3O3/c1-16-6-11-20(26)24(14-16)15-19(25)22-18-9-7-17(8-10-18)21(27)23-12-4-2-3-5-13-23/h6-11,14H,2-5,12-13,15H2,1H3,(H,22,25). The Kier molecular flexibility index (Phi) is 6.06. The molecule has 6 nitrogen and oxygen atoms in total. The molecule has 0 spiro atoms. The largest absolute Gasteiger partial charge is 0.339 e. The van der Waals surface area contributed by atoms with E-state index in [1.54, 1.807) is 36.5 Å². The Balaban J connectivity index is 1.61. The molecule has 27 heavy (non-hydrogen) atoms. The van der Waals surface area contributed by atoms with Gasteiger partial charge in [-0.2, -0.15) is 0 Å². The average molecular weight is 367 g/mol. The normalized spacial score (nSPS) is 14.5. The van der Waals surface area contributed by atoms with Gasteiger partial charge in [-0.3, -0.25) is 14.4 Å². The Bertz CT molecular complexity index is 863. The molecule has 1 fully saturated rings. The average Bonchev–Trinajstić information content (AvgIpc) is 2.94. The number of nitrogens with zero attached hydrogens (tertiary/aromatic N) is 2. The van der Waals surface area contributed by atoms with Crippen LogP contribution in [0, 0.1) is 6.92 Å². The number of carbonyl (C=O) groups excluding carboxylic acids is 2. The molecule has 1 aliphatic rings. The molecule has 0 radical (unpaired) electrons. The number of benzene rings is 1. The van der Waals surface area contributed by atoms with E-state index in [-0.39, 0.29) is 23.9 Å². The fraction of sp³-hybridized carbons (Fsp3) is 0.381. The fourth-order valence-electron chi connectivity index (χ4n) is 3.28. The van der Waals surface area contributed by atoms with Crippen LogP contribution in [0.2, 0.25) is 0 Å². The van der Waals surface area contributed by atoms with Crippen molar-refractivity contribution in [1.29, 1.82) is 0 Å². The molecular formula is C21H25N3O3. The molecule has 1 aliphatic heterocycles. The van der Waals surface area contributed by atoms with E-state index in [4.69, 9.17) is 0 Å². The van der Waals surface area contributed by atoms with Crippen LogP contribution in [0.3, 0.4) is 0 Å². The summed E-state index contributed by atoms with van der Waals surface area (Å²) < 4.78 is 1.38. The zero-order valence-corrected chi connectivity index (χ0v) is 15.6. The quantitative estimate of drug-likeness (QED) is 0.903. The summed E-state index contributed by atoms with van der Waals surface area (Å²) >= 11 is 0. The molecule has 2 aromatic rings. The molecule has 0 unspecified atom stereocenters. The summed E-state index contributed by atoms with van der Waals surface area (Å²) in [5.74, 6) is -0.240. The summed E-state index contributed by atoms with van der Waals surface area (Å²) in [6, 6.07) is 10.1. The summed E-state index contributed by atoms with van der Waals surface area (Å²) in [4.78, 5) is 38.5. The second-order valence-corrected chi connectivity index (χ2v) is 7.00. The summed E-state index contributed by atoms with van der Waals surface area (Å²) in [6.45, 7) is 3.44. The maximum Gasteiger partial charge on any atom is 0.253 e. The first-order valence-corrected chi connectivity index (χ1v) is 9.39. The Morgan fingerprint density at radius 1 is 0.963 bits per heavy atom. The highest BCUT2D eigenvalue weighted by Gasteiger charge is 2.17. The lowest BCUT2D eigenvalue weighted by Gasteiger charge is -2.20. The van der Waals surface area contributed by atoms with E-state index in [0.29, 0.717) is 11.3 Å². The molecule has 1 saturated heterocycles. The van der Waals surface area contributed by atoms with Gasteiger partial charge in [-0.25, -0.2) is 0 Å². The molecule has 6 heteroatoms. The SMILES string of the molecule is Cc1ccc(=O)n(CC(=O)Nc2ccc(C(=O)N3CCCCCC3)cc2)c1. The van der Waals surface area contributed by atoms with E-state index in [9.17, 15) is 14.4 Å². The summed E-state index contributed by atoms with van der Waals surface area (Å²) in [7, 11) is 0. The molecule has 3 rings (SSSR count). The number of pyridine rings is 1. The van der Waals surface area contributed by atoms with Crippen LogP contribution >= 0.6 is 0 Å². The van der Waals surface area contributed by atoms with E-state index in [1.165, 1.54) is 23.5 Å². The smallest absolute Gasteiger partial charge is 0.253 e. The van der Waals surface area contributed by atoms with Gasteiger partial charge in [0.2, 0.25) is 5.91 Å². The minimum atomic E-state index is -0.283. The lowest BCUT2D eigenvalue weighted by Crippen LogP contribution is -2.31. The van der Waals surface area contributed by atoms with Crippen LogP contribution in [0.25, 0.3) is 0 Å². The highest BCUT2D eigenvalue weighted by Crippen LogP contribution is 2.15. The molecule has 1 N–H and O–H groups in total. The van der Waals surface area contributed by atoms with Crippen molar-refractivity contribution >= 4 is 17.5 Å². The van der Waals surface area contributed by atoms with Crippen molar-refractivity contribution in [1.82, 2.24) is 9.47 Å². The van der Waals surface area contributed by atoms with E-state index in [1.807, 2.05) is 11.8 Å². The minimum absolute atomic E-state index is 0.0427. The number of rotatable bonds is 4. The number of hydrogen-bond donors (Lipinski definition) is 1. The third-order valence-electron chi connectivity index (χ3n) is 4.75. The van der Waals surface area contributed by atoms with Crippen LogP contribution in [0.5, 0.6) is 0 Å². The van der Waals surface area contributed by atoms with Crippen LogP contribution in [0.4, 0.5) is 5.69 Å². The second-order valence-electron chi connectivity index (χ2n) is 7.00. The van der Waals surface area contributed by atoms with Crippen LogP contribution in [0.1, 0.15) is 41.6 Å². The summed E-state index contributed by atoms with van der Waals surface area (Å²) in [5.41, 5.74) is 1.94. The first-order chi connectivity index (χ1) is 13.0. The van der Waals surface area contributed by atoms with Crippen LogP contribution < -0.4 is 10.9 Å². The number of likely N-dealkylation sites (tertiary alicyclic amines) is 1. The minimum Gasteiger partial charge on any atom is -0.339 e. The predicted molar refractivity (Wildman–Crippen MR) is 105 cm³/mol. The van der Waals surface area contributed by atoms with Crippen molar-refractivity contribution in [3.05, 3.63) is 64.1 Å². The van der Waals surface area contributed by atoms with E-state index >= 15 is 0 Å². The number of aromatic nitrogens is 1. The van der Waals surface area contributed by atoms with Crippen molar-refractivity contribution in [3.63, 3.8) is 0 Å². The fourth-order valence-corrected chi connectivity index (χ4v) is 3.28. The van der Waals surface area contributed by atoms with Crippen molar-refractivity contribution < 1.29 is 9.59 Å². The number of amides is 2. The number of aryl methyl sites for hydroxylation is 1. The summed E-state index contributed by atoms with van der Waals surface area (Å²) in [5, 5.41) is 2.77. The third kappa shape index (κ3) is 5.06. The van der Waals surface area contributed by atoms with Gasteiger partial charge in [-0.05, 0) is 49.6 Å². The van der Waals surface area contributed by atoms with E-state index < -0.39 is 0 Å². The Labute approximate surface area is 158 Å². The monoisotopic (exact) mass is 367 g/mol. The lowest BCUT2D eigenvalue weighted by molar-refractivity contribution is -0.116. The highest BCUT2D eigenvalue weighted by atomic mass is 16.2. The van der Waals surface area contributed by atoms with Crippen molar-refractivity contribution in [2.45, 2.75) is 39.2 Å². The number of carbonyl (C=O) groups is 2. The molecule has 1 aromatic heterocycles. The Morgan fingerprint density at radius 2 is 1.63 bits per heavy atom. The molecular weight excluding hydrogens is 342 g/mol. The van der Waals surface area contributed by atoms with Gasteiger partial charge in [0.15, 0.2) is 0 Å². The Morgan fingerprint density at radius 3 is 2.30 bits per heavy atom. The zero-order valence-electron chi connectivity index (χ0n) is 15.6. The van der Waals surface area contributed by atoms with E-state index in [2.05, 4.69) is 5.32 Å². The molecule has 2 amide bonds. The number of hydrogen-bond acceptors (Lipinski definition) is 3. The van der Waals surface area contributed by atoms with Gasteiger partial charge in [0, 0.05) is 36.6 Å². The zero-order chi connectivity index (χ0) is 19.2. The van der Waals surface area contributed by atoms with Gasteiger partial charge < -0.3 is 14.8 Å². The molecule has 0 saturated carbocycles. The van der Waals surface area contributed by atoms with Crippen molar-refractivity contribution in [2.24, 2.45) is 0 Å². The first kappa shape index (κ1) is 18.9. The number of nitrogens with one attached hydrogen (secondary N) is 1.